The van der Waals surface area contributed by atoms with Gasteiger partial charge < -0.3 is 9.57 Å². The fraction of sp³-hybridized carbons (Fsp3) is 0.556. The molecule has 0 saturated carbocycles. The molecule has 0 aliphatic carbocycles. The Kier molecular flexibility index (Phi) is 4.95. The van der Waals surface area contributed by atoms with Crippen molar-refractivity contribution in [2.45, 2.75) is 19.6 Å². The van der Waals surface area contributed by atoms with Crippen LogP contribution in [0.3, 0.4) is 0 Å². The standard InChI is InChI=1S/C9H15NO3Si/c1-12-9(11)8(10-13-2)6-7-14(3,4)5/h1-5H3/b10-8-. The van der Waals surface area contributed by atoms with Gasteiger partial charge in [-0.15, -0.1) is 5.54 Å². The summed E-state index contributed by atoms with van der Waals surface area (Å²) in [5.74, 6) is 2.10. The smallest absolute Gasteiger partial charge is 0.368 e. The van der Waals surface area contributed by atoms with Gasteiger partial charge in [0.05, 0.1) is 7.11 Å². The molecule has 0 aliphatic rings. The van der Waals surface area contributed by atoms with Crippen LogP contribution in [0.15, 0.2) is 5.16 Å². The van der Waals surface area contributed by atoms with Gasteiger partial charge in [0.2, 0.25) is 5.71 Å². The number of carbonyl (C=O) groups is 1. The molecule has 0 fully saturated rings. The van der Waals surface area contributed by atoms with Crippen LogP contribution in [0.1, 0.15) is 0 Å². The SMILES string of the molecule is CO/N=C(/C#C[Si](C)(C)C)C(=O)OC. The van der Waals surface area contributed by atoms with E-state index in [-0.39, 0.29) is 5.71 Å². The molecule has 0 bridgehead atoms. The Morgan fingerprint density at radius 3 is 2.21 bits per heavy atom. The highest BCUT2D eigenvalue weighted by molar-refractivity contribution is 6.84. The Hall–Kier alpha value is -1.28. The maximum Gasteiger partial charge on any atom is 0.368 e. The van der Waals surface area contributed by atoms with Crippen molar-refractivity contribution in [1.29, 1.82) is 0 Å². The van der Waals surface area contributed by atoms with Crippen molar-refractivity contribution in [2.24, 2.45) is 5.16 Å². The molecule has 0 spiro atoms. The van der Waals surface area contributed by atoms with Crippen LogP contribution in [0.4, 0.5) is 0 Å². The zero-order valence-electron chi connectivity index (χ0n) is 9.17. The van der Waals surface area contributed by atoms with Crippen LogP contribution in [0.2, 0.25) is 19.6 Å². The molecule has 0 saturated heterocycles. The first kappa shape index (κ1) is 12.7. The maximum absolute atomic E-state index is 11.1. The second kappa shape index (κ2) is 5.45. The van der Waals surface area contributed by atoms with Crippen LogP contribution in [-0.4, -0.2) is 34.0 Å². The lowest BCUT2D eigenvalue weighted by molar-refractivity contribution is -0.132. The molecule has 0 N–H and O–H groups in total. The molecule has 0 unspecified atom stereocenters. The van der Waals surface area contributed by atoms with Gasteiger partial charge in [-0.05, 0) is 5.92 Å². The molecular formula is C9H15NO3Si. The fourth-order valence-electron chi connectivity index (χ4n) is 0.546. The van der Waals surface area contributed by atoms with Gasteiger partial charge >= 0.3 is 5.97 Å². The largest absolute Gasteiger partial charge is 0.464 e. The minimum absolute atomic E-state index is 0.0115. The number of hydrogen-bond acceptors (Lipinski definition) is 4. The Balaban J connectivity index is 4.77. The molecule has 14 heavy (non-hydrogen) atoms. The normalized spacial score (nSPS) is 11.4. The summed E-state index contributed by atoms with van der Waals surface area (Å²) in [6, 6.07) is 0. The highest BCUT2D eigenvalue weighted by Gasteiger charge is 2.12. The van der Waals surface area contributed by atoms with Crippen LogP contribution in [-0.2, 0) is 14.4 Å². The van der Waals surface area contributed by atoms with Gasteiger partial charge in [0.1, 0.15) is 15.2 Å². The summed E-state index contributed by atoms with van der Waals surface area (Å²) in [7, 11) is 1.13. The first-order chi connectivity index (χ1) is 6.40. The number of methoxy groups -OCH3 is 1. The Morgan fingerprint density at radius 2 is 1.86 bits per heavy atom. The summed E-state index contributed by atoms with van der Waals surface area (Å²) in [5, 5.41) is 3.49. The summed E-state index contributed by atoms with van der Waals surface area (Å²) in [4.78, 5) is 15.6. The molecule has 0 rings (SSSR count). The van der Waals surface area contributed by atoms with Crippen LogP contribution in [0, 0.1) is 11.5 Å². The number of esters is 1. The average molecular weight is 213 g/mol. The first-order valence-corrected chi connectivity index (χ1v) is 7.63. The molecule has 5 heteroatoms. The van der Waals surface area contributed by atoms with Crippen LogP contribution >= 0.6 is 0 Å². The molecule has 0 aromatic carbocycles. The zero-order valence-corrected chi connectivity index (χ0v) is 10.2. The van der Waals surface area contributed by atoms with E-state index in [0.29, 0.717) is 0 Å². The third-order valence-electron chi connectivity index (χ3n) is 1.12. The zero-order chi connectivity index (χ0) is 11.2. The topological polar surface area (TPSA) is 47.9 Å². The highest BCUT2D eigenvalue weighted by Crippen LogP contribution is 1.96. The predicted molar refractivity (Wildman–Crippen MR) is 57.6 cm³/mol. The van der Waals surface area contributed by atoms with E-state index < -0.39 is 14.0 Å². The van der Waals surface area contributed by atoms with Crippen LogP contribution in [0.5, 0.6) is 0 Å². The Morgan fingerprint density at radius 1 is 1.29 bits per heavy atom. The van der Waals surface area contributed by atoms with E-state index in [0.717, 1.165) is 0 Å². The van der Waals surface area contributed by atoms with Crippen molar-refractivity contribution < 1.29 is 14.4 Å². The molecular weight excluding hydrogens is 198 g/mol. The quantitative estimate of drug-likeness (QED) is 0.226. The molecule has 4 nitrogen and oxygen atoms in total. The van der Waals surface area contributed by atoms with Crippen molar-refractivity contribution >= 4 is 19.8 Å². The van der Waals surface area contributed by atoms with Crippen molar-refractivity contribution in [3.05, 3.63) is 0 Å². The number of hydrogen-bond donors (Lipinski definition) is 0. The first-order valence-electron chi connectivity index (χ1n) is 4.13. The number of rotatable bonds is 2. The summed E-state index contributed by atoms with van der Waals surface area (Å²) < 4.78 is 4.49. The second-order valence-corrected chi connectivity index (χ2v) is 8.36. The average Bonchev–Trinajstić information content (AvgIpc) is 2.09. The minimum atomic E-state index is -1.51. The van der Waals surface area contributed by atoms with Gasteiger partial charge in [-0.3, -0.25) is 0 Å². The molecule has 0 heterocycles. The van der Waals surface area contributed by atoms with Crippen LogP contribution < -0.4 is 0 Å². The second-order valence-electron chi connectivity index (χ2n) is 3.61. The van der Waals surface area contributed by atoms with Gasteiger partial charge in [0.25, 0.3) is 0 Å². The van der Waals surface area contributed by atoms with Gasteiger partial charge in [-0.2, -0.15) is 0 Å². The number of oxime groups is 1. The molecule has 0 radical (unpaired) electrons. The number of ether oxygens (including phenoxy) is 1. The molecule has 0 amide bonds. The molecule has 0 atom stereocenters. The van der Waals surface area contributed by atoms with E-state index in [2.05, 4.69) is 45.8 Å². The van der Waals surface area contributed by atoms with Crippen molar-refractivity contribution in [2.75, 3.05) is 14.2 Å². The molecule has 78 valence electrons. The van der Waals surface area contributed by atoms with Crippen molar-refractivity contribution in [1.82, 2.24) is 0 Å². The lowest BCUT2D eigenvalue weighted by atomic mass is 10.4. The van der Waals surface area contributed by atoms with E-state index in [4.69, 9.17) is 0 Å². The lowest BCUT2D eigenvalue weighted by Gasteiger charge is -2.03. The molecule has 0 aromatic rings. The van der Waals surface area contributed by atoms with E-state index in [1.54, 1.807) is 0 Å². The maximum atomic E-state index is 11.1. The van der Waals surface area contributed by atoms with Gasteiger partial charge in [0.15, 0.2) is 0 Å². The van der Waals surface area contributed by atoms with Gasteiger partial charge in [0, 0.05) is 0 Å². The summed E-state index contributed by atoms with van der Waals surface area (Å²) in [6.07, 6.45) is 0. The minimum Gasteiger partial charge on any atom is -0.464 e. The fourth-order valence-corrected chi connectivity index (χ4v) is 1.04. The highest BCUT2D eigenvalue weighted by atomic mass is 28.3. The number of carbonyl (C=O) groups excluding carboxylic acids is 1. The lowest BCUT2D eigenvalue weighted by Crippen LogP contribution is -2.19. The summed E-state index contributed by atoms with van der Waals surface area (Å²) in [6.45, 7) is 6.21. The van der Waals surface area contributed by atoms with E-state index in [9.17, 15) is 4.79 Å². The Bertz CT molecular complexity index is 293. The third kappa shape index (κ3) is 5.38. The Labute approximate surface area is 85.3 Å². The predicted octanol–water partition coefficient (Wildman–Crippen LogP) is 1.04. The molecule has 0 aromatic heterocycles. The van der Waals surface area contributed by atoms with E-state index in [1.165, 1.54) is 14.2 Å². The van der Waals surface area contributed by atoms with Gasteiger partial charge in [-0.1, -0.05) is 24.8 Å². The van der Waals surface area contributed by atoms with Gasteiger partial charge in [-0.25, -0.2) is 4.79 Å². The van der Waals surface area contributed by atoms with Crippen molar-refractivity contribution in [3.8, 4) is 11.5 Å². The summed E-state index contributed by atoms with van der Waals surface area (Å²) in [5.41, 5.74) is 3.01. The van der Waals surface area contributed by atoms with E-state index in [1.807, 2.05) is 0 Å². The van der Waals surface area contributed by atoms with Crippen molar-refractivity contribution in [3.63, 3.8) is 0 Å². The number of nitrogens with zero attached hydrogens (tertiary/aromatic N) is 1. The van der Waals surface area contributed by atoms with E-state index >= 15 is 0 Å². The summed E-state index contributed by atoms with van der Waals surface area (Å²) >= 11 is 0. The third-order valence-corrected chi connectivity index (χ3v) is 1.99. The monoisotopic (exact) mass is 213 g/mol. The van der Waals surface area contributed by atoms with Crippen LogP contribution in [0.25, 0.3) is 0 Å². The molecule has 0 aliphatic heterocycles.